The smallest absolute Gasteiger partial charge is 0.271 e. The van der Waals surface area contributed by atoms with Crippen LogP contribution in [0.5, 0.6) is 0 Å². The molecular formula is C13H13N5O3. The van der Waals surface area contributed by atoms with Crippen molar-refractivity contribution in [3.8, 4) is 0 Å². The highest BCUT2D eigenvalue weighted by Crippen LogP contribution is 2.20. The molecule has 0 aliphatic rings. The van der Waals surface area contributed by atoms with Gasteiger partial charge in [-0.1, -0.05) is 0 Å². The summed E-state index contributed by atoms with van der Waals surface area (Å²) in [7, 11) is 0. The third-order valence-corrected chi connectivity index (χ3v) is 3.16. The first kappa shape index (κ1) is 13.1. The molecule has 3 rings (SSSR count). The number of anilines is 1. The predicted molar refractivity (Wildman–Crippen MR) is 76.1 cm³/mol. The maximum absolute atomic E-state index is 10.7. The summed E-state index contributed by atoms with van der Waals surface area (Å²) in [6.07, 6.45) is 0. The molecule has 21 heavy (non-hydrogen) atoms. The molecule has 0 spiro atoms. The Kier molecular flexibility index (Phi) is 3.05. The lowest BCUT2D eigenvalue weighted by molar-refractivity contribution is -0.384. The Bertz CT molecular complexity index is 801. The van der Waals surface area contributed by atoms with Gasteiger partial charge >= 0.3 is 0 Å². The van der Waals surface area contributed by atoms with Crippen molar-refractivity contribution in [2.75, 3.05) is 5.32 Å². The van der Waals surface area contributed by atoms with Crippen LogP contribution in [0.3, 0.4) is 0 Å². The number of nitrogens with zero attached hydrogens (tertiary/aromatic N) is 3. The third kappa shape index (κ3) is 2.55. The largest absolute Gasteiger partial charge is 0.444 e. The van der Waals surface area contributed by atoms with E-state index in [-0.39, 0.29) is 5.69 Å². The van der Waals surface area contributed by atoms with Crippen LogP contribution < -0.4 is 5.32 Å². The third-order valence-electron chi connectivity index (χ3n) is 3.16. The standard InChI is InChI=1S/C13H13N5O3/c1-7-8(2)21-12(15-7)6-14-13-16-10-4-3-9(18(19)20)5-11(10)17-13/h3-5H,6H2,1-2H3,(H2,14,16,17). The number of H-pyrrole nitrogens is 1. The number of nitrogens with one attached hydrogen (secondary N) is 2. The Hall–Kier alpha value is -2.90. The normalized spacial score (nSPS) is 11.0. The lowest BCUT2D eigenvalue weighted by Crippen LogP contribution is -2.01. The van der Waals surface area contributed by atoms with Gasteiger partial charge in [-0.2, -0.15) is 0 Å². The minimum absolute atomic E-state index is 0.0247. The Morgan fingerprint density at radius 2 is 2.19 bits per heavy atom. The van der Waals surface area contributed by atoms with Gasteiger partial charge in [0, 0.05) is 12.1 Å². The summed E-state index contributed by atoms with van der Waals surface area (Å²) in [5.41, 5.74) is 2.14. The first-order valence-electron chi connectivity index (χ1n) is 6.34. The van der Waals surface area contributed by atoms with Crippen LogP contribution in [0.2, 0.25) is 0 Å². The minimum atomic E-state index is -0.439. The molecule has 3 aromatic rings. The molecule has 8 heteroatoms. The lowest BCUT2D eigenvalue weighted by atomic mass is 10.3. The molecule has 0 aliphatic carbocycles. The van der Waals surface area contributed by atoms with Crippen molar-refractivity contribution >= 4 is 22.7 Å². The fraction of sp³-hybridized carbons (Fsp3) is 0.231. The first-order valence-corrected chi connectivity index (χ1v) is 6.34. The van der Waals surface area contributed by atoms with Gasteiger partial charge in [0.15, 0.2) is 0 Å². The highest BCUT2D eigenvalue weighted by atomic mass is 16.6. The van der Waals surface area contributed by atoms with Gasteiger partial charge in [0.05, 0.1) is 28.2 Å². The number of hydrogen-bond acceptors (Lipinski definition) is 6. The summed E-state index contributed by atoms with van der Waals surface area (Å²) in [5, 5.41) is 13.8. The van der Waals surface area contributed by atoms with E-state index >= 15 is 0 Å². The lowest BCUT2D eigenvalue weighted by Gasteiger charge is -1.97. The summed E-state index contributed by atoms with van der Waals surface area (Å²) < 4.78 is 5.46. The molecule has 0 amide bonds. The van der Waals surface area contributed by atoms with Crippen molar-refractivity contribution in [3.63, 3.8) is 0 Å². The number of hydrogen-bond donors (Lipinski definition) is 2. The Labute approximate surface area is 119 Å². The van der Waals surface area contributed by atoms with Gasteiger partial charge < -0.3 is 14.7 Å². The monoisotopic (exact) mass is 287 g/mol. The van der Waals surface area contributed by atoms with Gasteiger partial charge in [-0.15, -0.1) is 0 Å². The molecule has 0 bridgehead atoms. The molecule has 0 saturated carbocycles. The topological polar surface area (TPSA) is 110 Å². The molecule has 0 aliphatic heterocycles. The van der Waals surface area contributed by atoms with E-state index in [4.69, 9.17) is 4.42 Å². The number of nitro groups is 1. The average Bonchev–Trinajstić information content (AvgIpc) is 2.99. The van der Waals surface area contributed by atoms with Crippen molar-refractivity contribution in [2.45, 2.75) is 20.4 Å². The fourth-order valence-electron chi connectivity index (χ4n) is 1.97. The van der Waals surface area contributed by atoms with E-state index in [9.17, 15) is 10.1 Å². The Morgan fingerprint density at radius 1 is 1.38 bits per heavy atom. The fourth-order valence-corrected chi connectivity index (χ4v) is 1.97. The van der Waals surface area contributed by atoms with Crippen molar-refractivity contribution < 1.29 is 9.34 Å². The summed E-state index contributed by atoms with van der Waals surface area (Å²) in [5.74, 6) is 1.86. The van der Waals surface area contributed by atoms with Crippen LogP contribution in [0.1, 0.15) is 17.3 Å². The molecule has 1 aromatic carbocycles. The molecule has 2 heterocycles. The van der Waals surface area contributed by atoms with Crippen LogP contribution in [0.25, 0.3) is 11.0 Å². The highest BCUT2D eigenvalue weighted by molar-refractivity contribution is 5.79. The molecule has 0 radical (unpaired) electrons. The van der Waals surface area contributed by atoms with E-state index in [0.717, 1.165) is 11.5 Å². The van der Waals surface area contributed by atoms with Crippen molar-refractivity contribution in [2.24, 2.45) is 0 Å². The van der Waals surface area contributed by atoms with Crippen LogP contribution >= 0.6 is 0 Å². The zero-order valence-corrected chi connectivity index (χ0v) is 11.5. The van der Waals surface area contributed by atoms with Crippen LogP contribution in [-0.4, -0.2) is 19.9 Å². The first-order chi connectivity index (χ1) is 10.0. The zero-order valence-electron chi connectivity index (χ0n) is 11.5. The molecule has 8 nitrogen and oxygen atoms in total. The molecule has 0 saturated heterocycles. The van der Waals surface area contributed by atoms with Gasteiger partial charge in [0.2, 0.25) is 11.8 Å². The van der Waals surface area contributed by atoms with Gasteiger partial charge in [-0.05, 0) is 19.9 Å². The molecular weight excluding hydrogens is 274 g/mol. The van der Waals surface area contributed by atoms with E-state index < -0.39 is 4.92 Å². The number of rotatable bonds is 4. The molecule has 0 atom stereocenters. The molecule has 2 aromatic heterocycles. The number of aryl methyl sites for hydroxylation is 2. The number of nitro benzene ring substituents is 1. The number of fused-ring (bicyclic) bond motifs is 1. The van der Waals surface area contributed by atoms with Gasteiger partial charge in [0.1, 0.15) is 5.76 Å². The molecule has 0 fully saturated rings. The van der Waals surface area contributed by atoms with Crippen molar-refractivity contribution in [3.05, 3.63) is 45.7 Å². The van der Waals surface area contributed by atoms with Crippen LogP contribution in [0, 0.1) is 24.0 Å². The van der Waals surface area contributed by atoms with E-state index in [1.165, 1.54) is 12.1 Å². The van der Waals surface area contributed by atoms with Crippen LogP contribution in [0.15, 0.2) is 22.6 Å². The van der Waals surface area contributed by atoms with Gasteiger partial charge in [-0.3, -0.25) is 10.1 Å². The van der Waals surface area contributed by atoms with E-state index in [0.29, 0.717) is 29.4 Å². The maximum Gasteiger partial charge on any atom is 0.271 e. The molecule has 2 N–H and O–H groups in total. The number of aromatic nitrogens is 3. The zero-order chi connectivity index (χ0) is 15.0. The Morgan fingerprint density at radius 3 is 2.86 bits per heavy atom. The second-order valence-electron chi connectivity index (χ2n) is 4.65. The quantitative estimate of drug-likeness (QED) is 0.564. The average molecular weight is 287 g/mol. The summed E-state index contributed by atoms with van der Waals surface area (Å²) in [4.78, 5) is 21.8. The second-order valence-corrected chi connectivity index (χ2v) is 4.65. The van der Waals surface area contributed by atoms with Crippen molar-refractivity contribution in [1.82, 2.24) is 15.0 Å². The molecule has 0 unspecified atom stereocenters. The van der Waals surface area contributed by atoms with Gasteiger partial charge in [-0.25, -0.2) is 9.97 Å². The summed E-state index contributed by atoms with van der Waals surface area (Å²) in [6.45, 7) is 4.12. The number of imidazole rings is 1. The number of oxazole rings is 1. The second kappa shape index (κ2) is 4.89. The maximum atomic E-state index is 10.7. The summed E-state index contributed by atoms with van der Waals surface area (Å²) in [6, 6.07) is 4.48. The molecule has 108 valence electrons. The van der Waals surface area contributed by atoms with Crippen LogP contribution in [0.4, 0.5) is 11.6 Å². The number of aromatic amines is 1. The van der Waals surface area contributed by atoms with Crippen molar-refractivity contribution in [1.29, 1.82) is 0 Å². The summed E-state index contributed by atoms with van der Waals surface area (Å²) >= 11 is 0. The SMILES string of the molecule is Cc1nc(CNc2nc3ccc([N+](=O)[O-])cc3[nH]2)oc1C. The number of non-ortho nitro benzene ring substituents is 1. The minimum Gasteiger partial charge on any atom is -0.444 e. The van der Waals surface area contributed by atoms with E-state index in [1.807, 2.05) is 13.8 Å². The predicted octanol–water partition coefficient (Wildman–Crippen LogP) is 2.69. The van der Waals surface area contributed by atoms with Crippen LogP contribution in [-0.2, 0) is 6.54 Å². The highest BCUT2D eigenvalue weighted by Gasteiger charge is 2.10. The number of benzene rings is 1. The van der Waals surface area contributed by atoms with Gasteiger partial charge in [0.25, 0.3) is 5.69 Å². The Balaban J connectivity index is 1.79. The van der Waals surface area contributed by atoms with E-state index in [1.54, 1.807) is 6.07 Å². The van der Waals surface area contributed by atoms with E-state index in [2.05, 4.69) is 20.3 Å².